The number of rotatable bonds is 4. The van der Waals surface area contributed by atoms with Crippen LogP contribution in [0, 0.1) is 0 Å². The molecule has 2 rings (SSSR count). The first-order chi connectivity index (χ1) is 9.82. The summed E-state index contributed by atoms with van der Waals surface area (Å²) in [6.07, 6.45) is 0. The van der Waals surface area contributed by atoms with Crippen molar-refractivity contribution in [1.82, 2.24) is 10.2 Å². The summed E-state index contributed by atoms with van der Waals surface area (Å²) in [6.45, 7) is 2.36. The van der Waals surface area contributed by atoms with Gasteiger partial charge in [0.2, 0.25) is 5.91 Å². The smallest absolute Gasteiger partial charge is 0.352 e. The Hall–Kier alpha value is -2.03. The summed E-state index contributed by atoms with van der Waals surface area (Å²) in [7, 11) is 0. The average molecular weight is 314 g/mol. The highest BCUT2D eigenvalue weighted by Gasteiger charge is 2.53. The van der Waals surface area contributed by atoms with Crippen LogP contribution in [0.4, 0.5) is 0 Å². The molecule has 1 unspecified atom stereocenters. The number of esters is 1. The maximum absolute atomic E-state index is 12.0. The maximum atomic E-state index is 12.0. The van der Waals surface area contributed by atoms with Crippen LogP contribution in [0.25, 0.3) is 0 Å². The number of carbonyl (C=O) groups is 4. The Morgan fingerprint density at radius 2 is 2.10 bits per heavy atom. The van der Waals surface area contributed by atoms with E-state index in [4.69, 9.17) is 4.74 Å². The maximum Gasteiger partial charge on any atom is 0.352 e. The van der Waals surface area contributed by atoms with E-state index in [0.717, 1.165) is 4.90 Å². The molecular weight excluding hydrogens is 300 g/mol. The van der Waals surface area contributed by atoms with Crippen LogP contribution in [0.2, 0.25) is 0 Å². The van der Waals surface area contributed by atoms with Crippen LogP contribution >= 0.6 is 11.8 Å². The Morgan fingerprint density at radius 1 is 1.43 bits per heavy atom. The van der Waals surface area contributed by atoms with Crippen molar-refractivity contribution in [2.75, 3.05) is 12.4 Å². The molecule has 2 heterocycles. The standard InChI is InChI=1S/C12H14N2O6S/c1-5(15)13-8-10(17)14-9(12(18)19)7(3-20-6(2)16)4-21-11(8)14/h8,11H,3-4H2,1-2H3,(H,13,15)(H,18,19)/t8?,11-/m0/s1. The van der Waals surface area contributed by atoms with Gasteiger partial charge < -0.3 is 15.2 Å². The number of nitrogens with one attached hydrogen (secondary N) is 1. The highest BCUT2D eigenvalue weighted by atomic mass is 32.2. The van der Waals surface area contributed by atoms with Crippen LogP contribution < -0.4 is 5.32 Å². The van der Waals surface area contributed by atoms with Crippen LogP contribution in [0.5, 0.6) is 0 Å². The number of hydrogen-bond acceptors (Lipinski definition) is 6. The van der Waals surface area contributed by atoms with Gasteiger partial charge in [0.05, 0.1) is 0 Å². The molecule has 21 heavy (non-hydrogen) atoms. The van der Waals surface area contributed by atoms with E-state index in [9.17, 15) is 24.3 Å². The zero-order chi connectivity index (χ0) is 15.7. The second-order valence-electron chi connectivity index (χ2n) is 4.63. The van der Waals surface area contributed by atoms with E-state index in [1.807, 2.05) is 0 Å². The number of aliphatic carboxylic acids is 1. The van der Waals surface area contributed by atoms with Crippen LogP contribution in [0.3, 0.4) is 0 Å². The van der Waals surface area contributed by atoms with Gasteiger partial charge in [-0.1, -0.05) is 0 Å². The van der Waals surface area contributed by atoms with Crippen LogP contribution in [0.15, 0.2) is 11.3 Å². The Bertz CT molecular complexity index is 558. The SMILES string of the molecule is CC(=O)NC1C(=O)N2C(C(=O)O)=C(COC(C)=O)CS[C@@H]12. The van der Waals surface area contributed by atoms with Gasteiger partial charge in [-0.3, -0.25) is 19.3 Å². The Labute approximate surface area is 124 Å². The van der Waals surface area contributed by atoms with E-state index in [1.165, 1.54) is 25.6 Å². The number of amides is 2. The van der Waals surface area contributed by atoms with Gasteiger partial charge in [-0.25, -0.2) is 4.79 Å². The molecule has 2 N–H and O–H groups in total. The molecule has 8 nitrogen and oxygen atoms in total. The zero-order valence-corrected chi connectivity index (χ0v) is 12.2. The van der Waals surface area contributed by atoms with Gasteiger partial charge in [-0.05, 0) is 0 Å². The third-order valence-corrected chi connectivity index (χ3v) is 4.40. The Morgan fingerprint density at radius 3 is 2.62 bits per heavy atom. The molecular formula is C12H14N2O6S. The molecule has 0 aromatic heterocycles. The van der Waals surface area contributed by atoms with Gasteiger partial charge >= 0.3 is 11.9 Å². The van der Waals surface area contributed by atoms with Gasteiger partial charge in [0, 0.05) is 25.2 Å². The summed E-state index contributed by atoms with van der Waals surface area (Å²) >= 11 is 1.33. The summed E-state index contributed by atoms with van der Waals surface area (Å²) in [6, 6.07) is -0.711. The minimum Gasteiger partial charge on any atom is -0.477 e. The van der Waals surface area contributed by atoms with E-state index >= 15 is 0 Å². The van der Waals surface area contributed by atoms with Gasteiger partial charge in [-0.2, -0.15) is 0 Å². The van der Waals surface area contributed by atoms with Crippen molar-refractivity contribution in [3.05, 3.63) is 11.3 Å². The minimum atomic E-state index is -1.25. The molecule has 0 aromatic rings. The molecule has 0 spiro atoms. The number of nitrogens with zero attached hydrogens (tertiary/aromatic N) is 1. The number of fused-ring (bicyclic) bond motifs is 1. The summed E-state index contributed by atoms with van der Waals surface area (Å²) in [4.78, 5) is 46.4. The summed E-state index contributed by atoms with van der Waals surface area (Å²) in [5.41, 5.74) is 0.208. The molecule has 0 aromatic carbocycles. The Balaban J connectivity index is 2.22. The van der Waals surface area contributed by atoms with Crippen LogP contribution in [-0.4, -0.2) is 57.5 Å². The molecule has 2 amide bonds. The fraction of sp³-hybridized carbons (Fsp3) is 0.500. The monoisotopic (exact) mass is 314 g/mol. The van der Waals surface area contributed by atoms with Crippen LogP contribution in [-0.2, 0) is 23.9 Å². The second kappa shape index (κ2) is 5.76. The number of thioether (sulfide) groups is 1. The lowest BCUT2D eigenvalue weighted by Crippen LogP contribution is -2.70. The molecule has 2 aliphatic rings. The van der Waals surface area contributed by atoms with E-state index in [1.54, 1.807) is 0 Å². The molecule has 1 saturated heterocycles. The van der Waals surface area contributed by atoms with Gasteiger partial charge in [0.15, 0.2) is 0 Å². The number of carboxylic acids is 1. The molecule has 2 atom stereocenters. The van der Waals surface area contributed by atoms with Crippen molar-refractivity contribution in [1.29, 1.82) is 0 Å². The third kappa shape index (κ3) is 2.87. The first-order valence-electron chi connectivity index (χ1n) is 6.13. The van der Waals surface area contributed by atoms with Crippen LogP contribution in [0.1, 0.15) is 13.8 Å². The lowest BCUT2D eigenvalue weighted by molar-refractivity contribution is -0.150. The quantitative estimate of drug-likeness (QED) is 0.521. The molecule has 0 saturated carbocycles. The topological polar surface area (TPSA) is 113 Å². The Kier molecular flexibility index (Phi) is 4.21. The molecule has 0 aliphatic carbocycles. The predicted octanol–water partition coefficient (Wildman–Crippen LogP) is -0.692. The minimum absolute atomic E-state index is 0.161. The zero-order valence-electron chi connectivity index (χ0n) is 11.4. The average Bonchev–Trinajstić information content (AvgIpc) is 2.40. The fourth-order valence-corrected chi connectivity index (χ4v) is 3.53. The first kappa shape index (κ1) is 15.4. The van der Waals surface area contributed by atoms with E-state index in [-0.39, 0.29) is 18.2 Å². The van der Waals surface area contributed by atoms with E-state index < -0.39 is 29.3 Å². The largest absolute Gasteiger partial charge is 0.477 e. The lowest BCUT2D eigenvalue weighted by atomic mass is 10.0. The second-order valence-corrected chi connectivity index (χ2v) is 5.73. The number of carboxylic acid groups (broad SMARTS) is 1. The van der Waals surface area contributed by atoms with Crippen molar-refractivity contribution in [2.45, 2.75) is 25.3 Å². The van der Waals surface area contributed by atoms with Gasteiger partial charge in [-0.15, -0.1) is 11.8 Å². The highest BCUT2D eigenvalue weighted by Crippen LogP contribution is 2.40. The molecule has 2 aliphatic heterocycles. The van der Waals surface area contributed by atoms with Crippen molar-refractivity contribution < 1.29 is 29.0 Å². The van der Waals surface area contributed by atoms with E-state index in [0.29, 0.717) is 11.3 Å². The van der Waals surface area contributed by atoms with Gasteiger partial charge in [0.1, 0.15) is 23.7 Å². The first-order valence-corrected chi connectivity index (χ1v) is 7.18. The normalized spacial score (nSPS) is 24.1. The number of ether oxygens (including phenoxy) is 1. The summed E-state index contributed by atoms with van der Waals surface area (Å²) in [5, 5.41) is 11.4. The van der Waals surface area contributed by atoms with Crippen molar-refractivity contribution in [2.24, 2.45) is 0 Å². The molecule has 114 valence electrons. The van der Waals surface area contributed by atoms with Crippen molar-refractivity contribution in [3.63, 3.8) is 0 Å². The van der Waals surface area contributed by atoms with E-state index in [2.05, 4.69) is 5.32 Å². The number of carbonyl (C=O) groups excluding carboxylic acids is 3. The fourth-order valence-electron chi connectivity index (χ4n) is 2.20. The third-order valence-electron chi connectivity index (χ3n) is 3.06. The molecule has 0 bridgehead atoms. The summed E-state index contributed by atoms with van der Waals surface area (Å²) < 4.78 is 4.81. The highest BCUT2D eigenvalue weighted by molar-refractivity contribution is 8.00. The molecule has 1 fully saturated rings. The number of β-lactam (4-membered cyclic amide) rings is 1. The van der Waals surface area contributed by atoms with Gasteiger partial charge in [0.25, 0.3) is 5.91 Å². The lowest BCUT2D eigenvalue weighted by Gasteiger charge is -2.49. The predicted molar refractivity (Wildman–Crippen MR) is 72.0 cm³/mol. The molecule has 0 radical (unpaired) electrons. The van der Waals surface area contributed by atoms with Crippen molar-refractivity contribution in [3.8, 4) is 0 Å². The summed E-state index contributed by atoms with van der Waals surface area (Å²) in [5.74, 6) is -2.28. The number of hydrogen-bond donors (Lipinski definition) is 2. The molecule has 9 heteroatoms. The van der Waals surface area contributed by atoms with Crippen molar-refractivity contribution >= 4 is 35.5 Å².